The molecule has 0 aliphatic rings. The maximum absolute atomic E-state index is 12.6. The smallest absolute Gasteiger partial charge is 0.434 e. The Morgan fingerprint density at radius 1 is 0.689 bits per heavy atom. The van der Waals surface area contributed by atoms with E-state index in [1.807, 2.05) is 60.7 Å². The zero-order valence-electron chi connectivity index (χ0n) is 25.9. The summed E-state index contributed by atoms with van der Waals surface area (Å²) >= 11 is 17.1. The molecule has 2 aromatic rings. The molecule has 2 rings (SSSR count). The van der Waals surface area contributed by atoms with E-state index in [0.29, 0.717) is 45.3 Å². The van der Waals surface area contributed by atoms with E-state index in [1.165, 1.54) is 5.06 Å². The summed E-state index contributed by atoms with van der Waals surface area (Å²) in [5.41, 5.74) is 1.14. The molecule has 2 aromatic carbocycles. The summed E-state index contributed by atoms with van der Waals surface area (Å²) in [5, 5.41) is 7.88. The summed E-state index contributed by atoms with van der Waals surface area (Å²) in [6.07, 6.45) is 0.944. The zero-order chi connectivity index (χ0) is 33.1. The molecular formula is C31H43Cl3N4O7. The SMILES string of the molecule is CC(C)(C)OC(=O)N(CCCCNC(=O)NCCCCN(OCc1ccccc1)C(=O)OCC(Cl)(Cl)Cl)OCc1ccccc1. The molecule has 45 heavy (non-hydrogen) atoms. The van der Waals surface area contributed by atoms with E-state index in [1.54, 1.807) is 20.8 Å². The minimum Gasteiger partial charge on any atom is -0.443 e. The molecule has 250 valence electrons. The van der Waals surface area contributed by atoms with Gasteiger partial charge < -0.3 is 20.1 Å². The lowest BCUT2D eigenvalue weighted by molar-refractivity contribution is -0.156. The first-order valence-electron chi connectivity index (χ1n) is 14.7. The highest BCUT2D eigenvalue weighted by atomic mass is 35.6. The van der Waals surface area contributed by atoms with Gasteiger partial charge in [0.15, 0.2) is 0 Å². The van der Waals surface area contributed by atoms with Crippen LogP contribution in [0.2, 0.25) is 0 Å². The molecule has 0 aromatic heterocycles. The average molecular weight is 690 g/mol. The number of halogens is 3. The van der Waals surface area contributed by atoms with Crippen LogP contribution in [0.25, 0.3) is 0 Å². The standard InChI is InChI=1S/C31H43Cl3N4O7/c1-30(2,3)45-29(41)38(44-23-26-16-8-5-9-17-26)21-13-11-19-36-27(39)35-18-10-12-20-37(28(40)42-24-31(32,33)34)43-22-25-14-6-4-7-15-25/h4-9,14-17H,10-13,18-24H2,1-3H3,(H2,35,36,39). The highest BCUT2D eigenvalue weighted by molar-refractivity contribution is 6.67. The lowest BCUT2D eigenvalue weighted by atomic mass is 10.2. The van der Waals surface area contributed by atoms with Gasteiger partial charge in [0, 0.05) is 13.1 Å². The van der Waals surface area contributed by atoms with E-state index >= 15 is 0 Å². The van der Waals surface area contributed by atoms with Crippen molar-refractivity contribution in [2.75, 3.05) is 32.8 Å². The van der Waals surface area contributed by atoms with Crippen LogP contribution in [0, 0.1) is 0 Å². The van der Waals surface area contributed by atoms with Crippen LogP contribution >= 0.6 is 34.8 Å². The summed E-state index contributed by atoms with van der Waals surface area (Å²) in [6.45, 7) is 6.62. The van der Waals surface area contributed by atoms with Crippen LogP contribution in [-0.4, -0.2) is 70.5 Å². The molecule has 0 saturated carbocycles. The van der Waals surface area contributed by atoms with Crippen molar-refractivity contribution in [1.82, 2.24) is 20.8 Å². The first-order valence-corrected chi connectivity index (χ1v) is 15.8. The van der Waals surface area contributed by atoms with Gasteiger partial charge in [-0.15, -0.1) is 0 Å². The maximum Gasteiger partial charge on any atom is 0.434 e. The number of unbranched alkanes of at least 4 members (excludes halogenated alkanes) is 2. The second-order valence-electron chi connectivity index (χ2n) is 11.0. The Hall–Kier alpha value is -2.96. The van der Waals surface area contributed by atoms with Gasteiger partial charge >= 0.3 is 18.2 Å². The van der Waals surface area contributed by atoms with Gasteiger partial charge in [-0.05, 0) is 57.6 Å². The van der Waals surface area contributed by atoms with Gasteiger partial charge in [-0.3, -0.25) is 9.68 Å². The fraction of sp³-hybridized carbons (Fsp3) is 0.516. The molecule has 0 spiro atoms. The summed E-state index contributed by atoms with van der Waals surface area (Å²) in [6, 6.07) is 18.5. The van der Waals surface area contributed by atoms with Crippen LogP contribution in [0.5, 0.6) is 0 Å². The lowest BCUT2D eigenvalue weighted by Crippen LogP contribution is -2.38. The average Bonchev–Trinajstić information content (AvgIpc) is 2.98. The van der Waals surface area contributed by atoms with Crippen molar-refractivity contribution >= 4 is 53.0 Å². The number of carbonyl (C=O) groups is 3. The summed E-state index contributed by atoms with van der Waals surface area (Å²) in [4.78, 5) is 48.7. The van der Waals surface area contributed by atoms with Crippen molar-refractivity contribution in [3.8, 4) is 0 Å². The molecule has 0 radical (unpaired) electrons. The molecule has 0 bridgehead atoms. The molecule has 2 N–H and O–H groups in total. The normalized spacial score (nSPS) is 11.4. The summed E-state index contributed by atoms with van der Waals surface area (Å²) in [5.74, 6) is 0. The Balaban J connectivity index is 1.68. The number of amides is 4. The topological polar surface area (TPSA) is 119 Å². The number of ether oxygens (including phenoxy) is 2. The molecule has 0 atom stereocenters. The molecular weight excluding hydrogens is 647 g/mol. The van der Waals surface area contributed by atoms with E-state index < -0.39 is 28.2 Å². The Kier molecular flexibility index (Phi) is 17.2. The number of benzene rings is 2. The third-order valence-corrected chi connectivity index (χ3v) is 6.09. The second-order valence-corrected chi connectivity index (χ2v) is 13.5. The van der Waals surface area contributed by atoms with E-state index in [0.717, 1.165) is 16.2 Å². The quantitative estimate of drug-likeness (QED) is 0.103. The van der Waals surface area contributed by atoms with Gasteiger partial charge in [0.05, 0.1) is 13.1 Å². The number of hydrogen-bond acceptors (Lipinski definition) is 7. The molecule has 0 aliphatic carbocycles. The van der Waals surface area contributed by atoms with E-state index in [-0.39, 0.29) is 25.8 Å². The van der Waals surface area contributed by atoms with Gasteiger partial charge in [0.2, 0.25) is 3.79 Å². The predicted octanol–water partition coefficient (Wildman–Crippen LogP) is 7.16. The van der Waals surface area contributed by atoms with Crippen molar-refractivity contribution in [3.05, 3.63) is 71.8 Å². The summed E-state index contributed by atoms with van der Waals surface area (Å²) < 4.78 is 8.77. The number of rotatable bonds is 17. The fourth-order valence-corrected chi connectivity index (χ4v) is 3.79. The number of urea groups is 1. The van der Waals surface area contributed by atoms with Crippen molar-refractivity contribution < 1.29 is 33.5 Å². The Bertz CT molecular complexity index is 1150. The van der Waals surface area contributed by atoms with Gasteiger partial charge in [0.1, 0.15) is 25.4 Å². The van der Waals surface area contributed by atoms with Crippen molar-refractivity contribution in [2.45, 2.75) is 69.1 Å². The van der Waals surface area contributed by atoms with Crippen LogP contribution in [-0.2, 0) is 32.4 Å². The van der Waals surface area contributed by atoms with Crippen molar-refractivity contribution in [2.24, 2.45) is 0 Å². The molecule has 4 amide bonds. The number of nitrogens with one attached hydrogen (secondary N) is 2. The predicted molar refractivity (Wildman–Crippen MR) is 174 cm³/mol. The highest BCUT2D eigenvalue weighted by Crippen LogP contribution is 2.26. The Morgan fingerprint density at radius 3 is 1.56 bits per heavy atom. The Morgan fingerprint density at radius 2 is 1.13 bits per heavy atom. The second kappa shape index (κ2) is 20.2. The maximum atomic E-state index is 12.6. The lowest BCUT2D eigenvalue weighted by Gasteiger charge is -2.26. The van der Waals surface area contributed by atoms with Gasteiger partial charge in [-0.2, -0.15) is 10.1 Å². The van der Waals surface area contributed by atoms with E-state index in [2.05, 4.69) is 10.6 Å². The molecule has 11 nitrogen and oxygen atoms in total. The number of nitrogens with zero attached hydrogens (tertiary/aromatic N) is 2. The number of hydrogen-bond donors (Lipinski definition) is 2. The fourth-order valence-electron chi connectivity index (χ4n) is 3.63. The van der Waals surface area contributed by atoms with Crippen molar-refractivity contribution in [3.63, 3.8) is 0 Å². The summed E-state index contributed by atoms with van der Waals surface area (Å²) in [7, 11) is 0. The molecule has 0 aliphatic heterocycles. The zero-order valence-corrected chi connectivity index (χ0v) is 28.2. The largest absolute Gasteiger partial charge is 0.443 e. The van der Waals surface area contributed by atoms with Gasteiger partial charge in [-0.25, -0.2) is 14.4 Å². The monoisotopic (exact) mass is 688 g/mol. The van der Waals surface area contributed by atoms with E-state index in [9.17, 15) is 14.4 Å². The number of alkyl halides is 3. The number of hydroxylamine groups is 4. The third kappa shape index (κ3) is 18.6. The Labute approximate surface area is 280 Å². The van der Waals surface area contributed by atoms with Crippen molar-refractivity contribution in [1.29, 1.82) is 0 Å². The first kappa shape index (κ1) is 38.2. The molecule has 0 fully saturated rings. The highest BCUT2D eigenvalue weighted by Gasteiger charge is 2.25. The van der Waals surface area contributed by atoms with Crippen LogP contribution in [0.4, 0.5) is 14.4 Å². The van der Waals surface area contributed by atoms with Crippen LogP contribution in [0.15, 0.2) is 60.7 Å². The number of carbonyl (C=O) groups excluding carboxylic acids is 3. The van der Waals surface area contributed by atoms with E-state index in [4.69, 9.17) is 54.0 Å². The molecule has 0 unspecified atom stereocenters. The van der Waals surface area contributed by atoms with Gasteiger partial charge in [0.25, 0.3) is 0 Å². The molecule has 14 heteroatoms. The van der Waals surface area contributed by atoms with Crippen LogP contribution in [0.3, 0.4) is 0 Å². The first-order chi connectivity index (χ1) is 21.3. The van der Waals surface area contributed by atoms with Crippen LogP contribution < -0.4 is 10.6 Å². The van der Waals surface area contributed by atoms with Crippen LogP contribution in [0.1, 0.15) is 57.6 Å². The molecule has 0 heterocycles. The minimum atomic E-state index is -1.74. The van der Waals surface area contributed by atoms with Gasteiger partial charge in [-0.1, -0.05) is 95.5 Å². The third-order valence-electron chi connectivity index (χ3n) is 5.77. The minimum absolute atomic E-state index is 0.152. The molecule has 0 saturated heterocycles.